The standard InChI is InChI=1S/C16H26N2/c1-3-10-16(2,17)13-18-11-8-14-6-4-5-7-15(14)9-12-18/h4-7H,3,8-13,17H2,1-2H3. The topological polar surface area (TPSA) is 29.3 Å². The smallest absolute Gasteiger partial charge is 0.0254 e. The summed E-state index contributed by atoms with van der Waals surface area (Å²) >= 11 is 0. The Morgan fingerprint density at radius 2 is 1.72 bits per heavy atom. The minimum absolute atomic E-state index is 0.0364. The van der Waals surface area contributed by atoms with Gasteiger partial charge in [0.2, 0.25) is 0 Å². The lowest BCUT2D eigenvalue weighted by atomic mass is 9.97. The van der Waals surface area contributed by atoms with Crippen molar-refractivity contribution in [3.05, 3.63) is 35.4 Å². The highest BCUT2D eigenvalue weighted by molar-refractivity contribution is 5.28. The molecule has 0 spiro atoms. The third-order valence-corrected chi connectivity index (χ3v) is 3.92. The first-order valence-electron chi connectivity index (χ1n) is 7.19. The average Bonchev–Trinajstić information content (AvgIpc) is 2.52. The van der Waals surface area contributed by atoms with Gasteiger partial charge in [-0.1, -0.05) is 37.6 Å². The molecule has 1 heterocycles. The molecule has 1 aliphatic heterocycles. The van der Waals surface area contributed by atoms with Crippen LogP contribution in [-0.2, 0) is 12.8 Å². The number of rotatable bonds is 4. The van der Waals surface area contributed by atoms with Crippen LogP contribution in [-0.4, -0.2) is 30.1 Å². The van der Waals surface area contributed by atoms with Crippen molar-refractivity contribution in [3.8, 4) is 0 Å². The van der Waals surface area contributed by atoms with Crippen molar-refractivity contribution in [2.24, 2.45) is 5.73 Å². The lowest BCUT2D eigenvalue weighted by Gasteiger charge is -2.31. The van der Waals surface area contributed by atoms with Crippen LogP contribution in [0.2, 0.25) is 0 Å². The zero-order chi connectivity index (χ0) is 13.0. The molecule has 0 aromatic heterocycles. The third kappa shape index (κ3) is 3.56. The molecule has 1 unspecified atom stereocenters. The Kier molecular flexibility index (Phi) is 4.41. The first kappa shape index (κ1) is 13.6. The largest absolute Gasteiger partial charge is 0.324 e. The highest BCUT2D eigenvalue weighted by Gasteiger charge is 2.22. The van der Waals surface area contributed by atoms with Crippen LogP contribution in [0.1, 0.15) is 37.8 Å². The zero-order valence-corrected chi connectivity index (χ0v) is 11.8. The molecule has 0 bridgehead atoms. The van der Waals surface area contributed by atoms with Crippen molar-refractivity contribution < 1.29 is 0 Å². The molecule has 0 radical (unpaired) electrons. The predicted molar refractivity (Wildman–Crippen MR) is 77.8 cm³/mol. The van der Waals surface area contributed by atoms with Gasteiger partial charge in [-0.3, -0.25) is 0 Å². The van der Waals surface area contributed by atoms with Crippen LogP contribution in [0.4, 0.5) is 0 Å². The molecule has 0 fully saturated rings. The van der Waals surface area contributed by atoms with Gasteiger partial charge in [0.05, 0.1) is 0 Å². The van der Waals surface area contributed by atoms with E-state index in [9.17, 15) is 0 Å². The summed E-state index contributed by atoms with van der Waals surface area (Å²) in [7, 11) is 0. The number of hydrogen-bond donors (Lipinski definition) is 1. The highest BCUT2D eigenvalue weighted by atomic mass is 15.1. The van der Waals surface area contributed by atoms with E-state index in [0.29, 0.717) is 0 Å². The summed E-state index contributed by atoms with van der Waals surface area (Å²) < 4.78 is 0. The molecular formula is C16H26N2. The number of hydrogen-bond acceptors (Lipinski definition) is 2. The quantitative estimate of drug-likeness (QED) is 0.885. The van der Waals surface area contributed by atoms with Crippen LogP contribution in [0.25, 0.3) is 0 Å². The van der Waals surface area contributed by atoms with Crippen LogP contribution >= 0.6 is 0 Å². The van der Waals surface area contributed by atoms with Crippen molar-refractivity contribution in [1.82, 2.24) is 4.90 Å². The van der Waals surface area contributed by atoms with Crippen molar-refractivity contribution >= 4 is 0 Å². The first-order valence-corrected chi connectivity index (χ1v) is 7.19. The van der Waals surface area contributed by atoms with Gasteiger partial charge in [0.15, 0.2) is 0 Å². The summed E-state index contributed by atoms with van der Waals surface area (Å²) in [6.45, 7) is 7.72. The molecule has 1 atom stereocenters. The van der Waals surface area contributed by atoms with E-state index in [1.165, 1.54) is 30.4 Å². The molecule has 1 aromatic carbocycles. The average molecular weight is 246 g/mol. The summed E-state index contributed by atoms with van der Waals surface area (Å²) in [5.74, 6) is 0. The monoisotopic (exact) mass is 246 g/mol. The second kappa shape index (κ2) is 5.85. The number of benzene rings is 1. The van der Waals surface area contributed by atoms with Gasteiger partial charge in [-0.25, -0.2) is 0 Å². The van der Waals surface area contributed by atoms with Crippen LogP contribution in [0, 0.1) is 0 Å². The SMILES string of the molecule is CCCC(C)(N)CN1CCc2ccccc2CC1. The van der Waals surface area contributed by atoms with E-state index in [-0.39, 0.29) is 5.54 Å². The highest BCUT2D eigenvalue weighted by Crippen LogP contribution is 2.18. The Morgan fingerprint density at radius 1 is 1.17 bits per heavy atom. The normalized spacial score (nSPS) is 19.9. The maximum absolute atomic E-state index is 6.37. The van der Waals surface area contributed by atoms with E-state index < -0.39 is 0 Å². The fourth-order valence-corrected chi connectivity index (χ4v) is 3.03. The van der Waals surface area contributed by atoms with Crippen molar-refractivity contribution in [1.29, 1.82) is 0 Å². The fraction of sp³-hybridized carbons (Fsp3) is 0.625. The first-order chi connectivity index (χ1) is 8.61. The fourth-order valence-electron chi connectivity index (χ4n) is 3.03. The number of fused-ring (bicyclic) bond motifs is 1. The Labute approximate surface area is 111 Å². The maximum Gasteiger partial charge on any atom is 0.0254 e. The molecule has 0 aliphatic carbocycles. The van der Waals surface area contributed by atoms with E-state index >= 15 is 0 Å². The van der Waals surface area contributed by atoms with Gasteiger partial charge >= 0.3 is 0 Å². The van der Waals surface area contributed by atoms with E-state index in [4.69, 9.17) is 5.73 Å². The van der Waals surface area contributed by atoms with Crippen molar-refractivity contribution in [3.63, 3.8) is 0 Å². The van der Waals surface area contributed by atoms with Gasteiger partial charge in [-0.2, -0.15) is 0 Å². The van der Waals surface area contributed by atoms with Gasteiger partial charge in [-0.05, 0) is 37.3 Å². The summed E-state index contributed by atoms with van der Waals surface area (Å²) in [5, 5.41) is 0. The van der Waals surface area contributed by atoms with Crippen LogP contribution in [0.3, 0.4) is 0 Å². The summed E-state index contributed by atoms with van der Waals surface area (Å²) in [4.78, 5) is 2.54. The second-order valence-corrected chi connectivity index (χ2v) is 5.95. The zero-order valence-electron chi connectivity index (χ0n) is 11.8. The lowest BCUT2D eigenvalue weighted by Crippen LogP contribution is -2.48. The molecule has 0 amide bonds. The van der Waals surface area contributed by atoms with E-state index in [0.717, 1.165) is 26.1 Å². The van der Waals surface area contributed by atoms with Crippen molar-refractivity contribution in [2.75, 3.05) is 19.6 Å². The van der Waals surface area contributed by atoms with E-state index in [2.05, 4.69) is 43.0 Å². The minimum atomic E-state index is -0.0364. The summed E-state index contributed by atoms with van der Waals surface area (Å²) in [5.41, 5.74) is 9.38. The molecule has 2 rings (SSSR count). The van der Waals surface area contributed by atoms with Crippen LogP contribution in [0.5, 0.6) is 0 Å². The molecule has 1 aliphatic rings. The molecule has 1 aromatic rings. The molecule has 18 heavy (non-hydrogen) atoms. The van der Waals surface area contributed by atoms with Crippen molar-refractivity contribution in [2.45, 2.75) is 45.1 Å². The Balaban J connectivity index is 1.96. The van der Waals surface area contributed by atoms with Gasteiger partial charge in [0.25, 0.3) is 0 Å². The van der Waals surface area contributed by atoms with Gasteiger partial charge < -0.3 is 10.6 Å². The third-order valence-electron chi connectivity index (χ3n) is 3.92. The maximum atomic E-state index is 6.37. The minimum Gasteiger partial charge on any atom is -0.324 e. The Hall–Kier alpha value is -0.860. The summed E-state index contributed by atoms with van der Waals surface area (Å²) in [6, 6.07) is 8.84. The molecule has 0 saturated carbocycles. The van der Waals surface area contributed by atoms with Gasteiger partial charge in [-0.15, -0.1) is 0 Å². The van der Waals surface area contributed by atoms with E-state index in [1.807, 2.05) is 0 Å². The predicted octanol–water partition coefficient (Wildman–Crippen LogP) is 2.60. The molecule has 2 heteroatoms. The van der Waals surface area contributed by atoms with Gasteiger partial charge in [0.1, 0.15) is 0 Å². The van der Waals surface area contributed by atoms with E-state index in [1.54, 1.807) is 0 Å². The molecule has 2 N–H and O–H groups in total. The second-order valence-electron chi connectivity index (χ2n) is 5.95. The lowest BCUT2D eigenvalue weighted by molar-refractivity contribution is 0.217. The Morgan fingerprint density at radius 3 is 2.22 bits per heavy atom. The van der Waals surface area contributed by atoms with Crippen LogP contribution in [0.15, 0.2) is 24.3 Å². The molecule has 100 valence electrons. The number of nitrogens with two attached hydrogens (primary N) is 1. The van der Waals surface area contributed by atoms with Gasteiger partial charge in [0, 0.05) is 25.2 Å². The molecule has 2 nitrogen and oxygen atoms in total. The molecule has 0 saturated heterocycles. The number of nitrogens with zero attached hydrogens (tertiary/aromatic N) is 1. The molecular weight excluding hydrogens is 220 g/mol. The van der Waals surface area contributed by atoms with Crippen LogP contribution < -0.4 is 5.73 Å². The Bertz CT molecular complexity index is 357. The summed E-state index contributed by atoms with van der Waals surface area (Å²) in [6.07, 6.45) is 4.61.